The standard InChI is InChI=1S/C10H8Cl2N2O2S/c1-13-8(15)6-4-2-3-5-7(6)14(10(13)16)17-9(11)12/h2-5,9H,1H3. The van der Waals surface area contributed by atoms with Gasteiger partial charge in [0.25, 0.3) is 5.56 Å². The molecule has 4 nitrogen and oxygen atoms in total. The summed E-state index contributed by atoms with van der Waals surface area (Å²) in [5.74, 6) is 0. The maximum absolute atomic E-state index is 11.9. The number of aromatic nitrogens is 2. The summed E-state index contributed by atoms with van der Waals surface area (Å²) in [6.45, 7) is 0. The number of benzene rings is 1. The molecule has 1 heterocycles. The third-order valence-electron chi connectivity index (χ3n) is 2.30. The van der Waals surface area contributed by atoms with Gasteiger partial charge in [-0.15, -0.1) is 0 Å². The van der Waals surface area contributed by atoms with Crippen LogP contribution in [-0.2, 0) is 7.05 Å². The van der Waals surface area contributed by atoms with Gasteiger partial charge in [0, 0.05) is 7.05 Å². The van der Waals surface area contributed by atoms with E-state index in [1.807, 2.05) is 0 Å². The van der Waals surface area contributed by atoms with Crippen molar-refractivity contribution in [1.29, 1.82) is 0 Å². The monoisotopic (exact) mass is 290 g/mol. The normalized spacial score (nSPS) is 11.3. The average molecular weight is 291 g/mol. The molecule has 0 saturated carbocycles. The van der Waals surface area contributed by atoms with Crippen LogP contribution in [-0.4, -0.2) is 12.7 Å². The summed E-state index contributed by atoms with van der Waals surface area (Å²) >= 11 is 12.3. The molecule has 1 aromatic heterocycles. The third kappa shape index (κ3) is 2.22. The Morgan fingerprint density at radius 1 is 1.24 bits per heavy atom. The van der Waals surface area contributed by atoms with Crippen molar-refractivity contribution in [2.75, 3.05) is 0 Å². The van der Waals surface area contributed by atoms with E-state index in [-0.39, 0.29) is 5.56 Å². The summed E-state index contributed by atoms with van der Waals surface area (Å²) in [4.78, 5) is 23.8. The van der Waals surface area contributed by atoms with Crippen LogP contribution in [0.3, 0.4) is 0 Å². The number of alkyl halides is 2. The molecule has 0 spiro atoms. The zero-order valence-electron chi connectivity index (χ0n) is 8.76. The quantitative estimate of drug-likeness (QED) is 0.794. The van der Waals surface area contributed by atoms with E-state index < -0.39 is 9.86 Å². The minimum atomic E-state index is -0.784. The van der Waals surface area contributed by atoms with Gasteiger partial charge in [-0.1, -0.05) is 35.3 Å². The van der Waals surface area contributed by atoms with Crippen molar-refractivity contribution < 1.29 is 0 Å². The maximum Gasteiger partial charge on any atom is 0.341 e. The molecule has 1 aromatic carbocycles. The Bertz CT molecular complexity index is 678. The van der Waals surface area contributed by atoms with E-state index in [1.165, 1.54) is 11.0 Å². The highest BCUT2D eigenvalue weighted by molar-refractivity contribution is 8.01. The van der Waals surface area contributed by atoms with Gasteiger partial charge in [0.15, 0.2) is 4.17 Å². The molecule has 17 heavy (non-hydrogen) atoms. The van der Waals surface area contributed by atoms with Crippen LogP contribution in [0.15, 0.2) is 33.9 Å². The highest BCUT2D eigenvalue weighted by Crippen LogP contribution is 2.22. The molecule has 0 aliphatic heterocycles. The van der Waals surface area contributed by atoms with E-state index in [4.69, 9.17) is 23.2 Å². The number of rotatable bonds is 2. The van der Waals surface area contributed by atoms with E-state index in [2.05, 4.69) is 0 Å². The van der Waals surface area contributed by atoms with E-state index >= 15 is 0 Å². The minimum absolute atomic E-state index is 0.330. The molecule has 0 N–H and O–H groups in total. The highest BCUT2D eigenvalue weighted by Gasteiger charge is 2.12. The van der Waals surface area contributed by atoms with Gasteiger partial charge in [-0.3, -0.25) is 9.36 Å². The number of para-hydroxylation sites is 1. The summed E-state index contributed by atoms with van der Waals surface area (Å²) in [6, 6.07) is 6.82. The highest BCUT2D eigenvalue weighted by atomic mass is 35.5. The fourth-order valence-corrected chi connectivity index (χ4v) is 2.64. The van der Waals surface area contributed by atoms with Crippen LogP contribution < -0.4 is 11.2 Å². The van der Waals surface area contributed by atoms with Crippen molar-refractivity contribution >= 4 is 46.1 Å². The van der Waals surface area contributed by atoms with Crippen LogP contribution >= 0.6 is 35.1 Å². The number of nitrogens with zero attached hydrogens (tertiary/aromatic N) is 2. The molecule has 0 amide bonds. The largest absolute Gasteiger partial charge is 0.341 e. The molecule has 0 radical (unpaired) electrons. The molecule has 0 aliphatic rings. The van der Waals surface area contributed by atoms with Crippen molar-refractivity contribution in [3.05, 3.63) is 45.1 Å². The Hall–Kier alpha value is -0.910. The minimum Gasteiger partial charge on any atom is -0.268 e. The van der Waals surface area contributed by atoms with Crippen molar-refractivity contribution in [2.24, 2.45) is 7.05 Å². The van der Waals surface area contributed by atoms with E-state index in [1.54, 1.807) is 24.3 Å². The first-order valence-electron chi connectivity index (χ1n) is 4.68. The number of fused-ring (bicyclic) bond motifs is 1. The molecule has 0 fully saturated rings. The molecule has 0 saturated heterocycles. The molecule has 0 atom stereocenters. The van der Waals surface area contributed by atoms with Crippen LogP contribution in [0.1, 0.15) is 0 Å². The number of hydrogen-bond acceptors (Lipinski definition) is 3. The fourth-order valence-electron chi connectivity index (χ4n) is 1.52. The van der Waals surface area contributed by atoms with Crippen molar-refractivity contribution in [2.45, 2.75) is 4.17 Å². The topological polar surface area (TPSA) is 44.0 Å². The van der Waals surface area contributed by atoms with Gasteiger partial charge >= 0.3 is 5.69 Å². The summed E-state index contributed by atoms with van der Waals surface area (Å²) in [5.41, 5.74) is -0.273. The van der Waals surface area contributed by atoms with Gasteiger partial charge in [-0.25, -0.2) is 8.77 Å². The zero-order valence-corrected chi connectivity index (χ0v) is 11.1. The first kappa shape index (κ1) is 12.5. The fraction of sp³-hybridized carbons (Fsp3) is 0.200. The molecule has 0 bridgehead atoms. The van der Waals surface area contributed by atoms with Crippen LogP contribution in [0.4, 0.5) is 0 Å². The van der Waals surface area contributed by atoms with Gasteiger partial charge < -0.3 is 0 Å². The predicted octanol–water partition coefficient (Wildman–Crippen LogP) is 1.96. The molecule has 0 aliphatic carbocycles. The molecule has 7 heteroatoms. The SMILES string of the molecule is Cn1c(=O)c2ccccc2n(SC(Cl)Cl)c1=O. The molecular formula is C10H8Cl2N2O2S. The maximum atomic E-state index is 11.9. The Kier molecular flexibility index (Phi) is 3.51. The first-order valence-corrected chi connectivity index (χ1v) is 6.39. The Morgan fingerprint density at radius 2 is 1.88 bits per heavy atom. The molecule has 0 unspecified atom stereocenters. The van der Waals surface area contributed by atoms with Gasteiger partial charge in [-0.2, -0.15) is 0 Å². The Morgan fingerprint density at radius 3 is 2.53 bits per heavy atom. The lowest BCUT2D eigenvalue weighted by molar-refractivity contribution is 0.780. The summed E-state index contributed by atoms with van der Waals surface area (Å²) in [7, 11) is 1.42. The van der Waals surface area contributed by atoms with Crippen LogP contribution in [0, 0.1) is 0 Å². The average Bonchev–Trinajstić information content (AvgIpc) is 2.31. The second-order valence-corrected chi connectivity index (χ2v) is 5.99. The number of halogens is 2. The second kappa shape index (κ2) is 4.76. The van der Waals surface area contributed by atoms with E-state index in [0.717, 1.165) is 16.5 Å². The van der Waals surface area contributed by atoms with Crippen LogP contribution in [0.25, 0.3) is 10.9 Å². The summed E-state index contributed by atoms with van der Waals surface area (Å²) in [5, 5.41) is 0.455. The summed E-state index contributed by atoms with van der Waals surface area (Å²) < 4.78 is 1.57. The number of hydrogen-bond donors (Lipinski definition) is 0. The smallest absolute Gasteiger partial charge is 0.268 e. The molecule has 2 aromatic rings. The van der Waals surface area contributed by atoms with Crippen LogP contribution in [0.5, 0.6) is 0 Å². The third-order valence-corrected chi connectivity index (χ3v) is 3.50. The molecule has 2 rings (SSSR count). The predicted molar refractivity (Wildman–Crippen MR) is 71.9 cm³/mol. The Balaban J connectivity index is 2.91. The van der Waals surface area contributed by atoms with Gasteiger partial charge in [-0.05, 0) is 24.1 Å². The van der Waals surface area contributed by atoms with Gasteiger partial charge in [0.1, 0.15) is 0 Å². The Labute approximate surface area is 111 Å². The zero-order chi connectivity index (χ0) is 12.6. The molecular weight excluding hydrogens is 283 g/mol. The van der Waals surface area contributed by atoms with Crippen molar-refractivity contribution in [3.63, 3.8) is 0 Å². The van der Waals surface area contributed by atoms with Crippen LogP contribution in [0.2, 0.25) is 0 Å². The lowest BCUT2D eigenvalue weighted by atomic mass is 10.2. The van der Waals surface area contributed by atoms with Gasteiger partial charge in [0.2, 0.25) is 0 Å². The lowest BCUT2D eigenvalue weighted by Gasteiger charge is -2.10. The summed E-state index contributed by atoms with van der Waals surface area (Å²) in [6.07, 6.45) is 0. The molecule has 90 valence electrons. The lowest BCUT2D eigenvalue weighted by Crippen LogP contribution is -2.36. The van der Waals surface area contributed by atoms with Gasteiger partial charge in [0.05, 0.1) is 10.9 Å². The first-order chi connectivity index (χ1) is 8.02. The van der Waals surface area contributed by atoms with E-state index in [9.17, 15) is 9.59 Å². The second-order valence-electron chi connectivity index (χ2n) is 3.32. The van der Waals surface area contributed by atoms with Crippen molar-refractivity contribution in [3.8, 4) is 0 Å². The van der Waals surface area contributed by atoms with E-state index in [0.29, 0.717) is 10.9 Å². The van der Waals surface area contributed by atoms with Crippen molar-refractivity contribution in [1.82, 2.24) is 8.54 Å².